The van der Waals surface area contributed by atoms with Crippen LogP contribution >= 0.6 is 0 Å². The van der Waals surface area contributed by atoms with E-state index in [1.807, 2.05) is 25.1 Å². The highest BCUT2D eigenvalue weighted by atomic mass is 16.1. The van der Waals surface area contributed by atoms with Gasteiger partial charge in [-0.15, -0.1) is 0 Å². The lowest BCUT2D eigenvalue weighted by Crippen LogP contribution is -1.97. The van der Waals surface area contributed by atoms with E-state index in [0.29, 0.717) is 11.1 Å². The topological polar surface area (TPSA) is 46.2 Å². The first-order valence-corrected chi connectivity index (χ1v) is 6.71. The molecule has 0 amide bonds. The van der Waals surface area contributed by atoms with Gasteiger partial charge in [0, 0.05) is 29.1 Å². The second-order valence-corrected chi connectivity index (χ2v) is 4.84. The van der Waals surface area contributed by atoms with Gasteiger partial charge < -0.3 is 5.32 Å². The summed E-state index contributed by atoms with van der Waals surface area (Å²) in [7, 11) is 0. The molecule has 0 heterocycles. The molecule has 0 aliphatic heterocycles. The van der Waals surface area contributed by atoms with Crippen LogP contribution < -0.4 is 5.32 Å². The van der Waals surface area contributed by atoms with Gasteiger partial charge in [-0.2, -0.15) is 0 Å². The Morgan fingerprint density at radius 2 is 1.71 bits per heavy atom. The van der Waals surface area contributed by atoms with Crippen molar-refractivity contribution in [1.82, 2.24) is 0 Å². The molecule has 0 saturated carbocycles. The third-order valence-corrected chi connectivity index (χ3v) is 3.09. The first kappa shape index (κ1) is 14.7. The van der Waals surface area contributed by atoms with Crippen LogP contribution in [0.5, 0.6) is 0 Å². The maximum absolute atomic E-state index is 11.9. The highest BCUT2D eigenvalue weighted by Crippen LogP contribution is 2.11. The molecular formula is C18H17NO2. The summed E-state index contributed by atoms with van der Waals surface area (Å²) in [6, 6.07) is 14.6. The summed E-state index contributed by atoms with van der Waals surface area (Å²) in [5.74, 6) is -0.0522. The molecule has 0 atom stereocenters. The molecule has 0 aliphatic carbocycles. The van der Waals surface area contributed by atoms with Crippen molar-refractivity contribution in [3.05, 3.63) is 77.5 Å². The molecule has 0 bridgehead atoms. The van der Waals surface area contributed by atoms with Crippen molar-refractivity contribution in [3.8, 4) is 0 Å². The van der Waals surface area contributed by atoms with Gasteiger partial charge in [-0.25, -0.2) is 0 Å². The number of allylic oxidation sites excluding steroid dienone is 1. The van der Waals surface area contributed by atoms with Crippen molar-refractivity contribution in [2.75, 3.05) is 5.32 Å². The van der Waals surface area contributed by atoms with Gasteiger partial charge in [0.2, 0.25) is 0 Å². The molecule has 0 aromatic heterocycles. The Hall–Kier alpha value is -2.68. The lowest BCUT2D eigenvalue weighted by atomic mass is 10.1. The summed E-state index contributed by atoms with van der Waals surface area (Å²) in [5.41, 5.74) is 3.18. The predicted octanol–water partition coefficient (Wildman–Crippen LogP) is 4.01. The van der Waals surface area contributed by atoms with E-state index < -0.39 is 0 Å². The van der Waals surface area contributed by atoms with Crippen LogP contribution in [-0.2, 0) is 0 Å². The van der Waals surface area contributed by atoms with Crippen LogP contribution in [0, 0.1) is 6.92 Å². The van der Waals surface area contributed by atoms with E-state index in [-0.39, 0.29) is 11.6 Å². The Labute approximate surface area is 124 Å². The molecule has 2 aromatic carbocycles. The van der Waals surface area contributed by atoms with Crippen molar-refractivity contribution in [2.24, 2.45) is 0 Å². The predicted molar refractivity (Wildman–Crippen MR) is 84.7 cm³/mol. The smallest absolute Gasteiger partial charge is 0.187 e. The quantitative estimate of drug-likeness (QED) is 0.664. The zero-order valence-electron chi connectivity index (χ0n) is 12.1. The van der Waals surface area contributed by atoms with Crippen LogP contribution in [0.25, 0.3) is 0 Å². The van der Waals surface area contributed by atoms with E-state index >= 15 is 0 Å². The molecular weight excluding hydrogens is 262 g/mol. The highest BCUT2D eigenvalue weighted by molar-refractivity contribution is 6.04. The van der Waals surface area contributed by atoms with Gasteiger partial charge in [-0.05, 0) is 26.0 Å². The standard InChI is InChI=1S/C18H17NO2/c1-13-6-8-15(9-7-13)18(21)10-11-19-17-5-3-4-16(12-17)14(2)20/h3-12,19H,1-2H3/b11-10-. The first-order chi connectivity index (χ1) is 10.1. The minimum Gasteiger partial charge on any atom is -0.362 e. The van der Waals surface area contributed by atoms with Crippen LogP contribution in [0.15, 0.2) is 60.8 Å². The fraction of sp³-hybridized carbons (Fsp3) is 0.111. The molecule has 0 spiro atoms. The lowest BCUT2D eigenvalue weighted by Gasteiger charge is -2.02. The summed E-state index contributed by atoms with van der Waals surface area (Å²) >= 11 is 0. The third-order valence-electron chi connectivity index (χ3n) is 3.09. The van der Waals surface area contributed by atoms with Crippen molar-refractivity contribution in [1.29, 1.82) is 0 Å². The summed E-state index contributed by atoms with van der Waals surface area (Å²) in [6.45, 7) is 3.50. The number of aryl methyl sites for hydroxylation is 1. The maximum atomic E-state index is 11.9. The number of anilines is 1. The second-order valence-electron chi connectivity index (χ2n) is 4.84. The van der Waals surface area contributed by atoms with Crippen molar-refractivity contribution in [2.45, 2.75) is 13.8 Å². The lowest BCUT2D eigenvalue weighted by molar-refractivity contribution is 0.101. The Morgan fingerprint density at radius 1 is 1.00 bits per heavy atom. The number of nitrogens with one attached hydrogen (secondary N) is 1. The second kappa shape index (κ2) is 6.66. The Kier molecular flexibility index (Phi) is 4.67. The SMILES string of the molecule is CC(=O)c1cccc(N/C=C\C(=O)c2ccc(C)cc2)c1. The zero-order valence-corrected chi connectivity index (χ0v) is 12.1. The van der Waals surface area contributed by atoms with Crippen LogP contribution in [0.2, 0.25) is 0 Å². The number of carbonyl (C=O) groups is 2. The van der Waals surface area contributed by atoms with E-state index in [1.54, 1.807) is 36.5 Å². The number of benzene rings is 2. The largest absolute Gasteiger partial charge is 0.362 e. The number of hydrogen-bond donors (Lipinski definition) is 1. The van der Waals surface area contributed by atoms with E-state index in [0.717, 1.165) is 11.3 Å². The molecule has 1 N–H and O–H groups in total. The molecule has 0 radical (unpaired) electrons. The Balaban J connectivity index is 2.02. The average molecular weight is 279 g/mol. The van der Waals surface area contributed by atoms with Crippen molar-refractivity contribution < 1.29 is 9.59 Å². The fourth-order valence-electron chi connectivity index (χ4n) is 1.86. The summed E-state index contributed by atoms with van der Waals surface area (Å²) < 4.78 is 0. The third kappa shape index (κ3) is 4.14. The minimum atomic E-state index is -0.0646. The molecule has 0 aliphatic rings. The number of rotatable bonds is 5. The molecule has 21 heavy (non-hydrogen) atoms. The van der Waals surface area contributed by atoms with E-state index in [9.17, 15) is 9.59 Å². The molecule has 3 heteroatoms. The van der Waals surface area contributed by atoms with Crippen LogP contribution in [0.3, 0.4) is 0 Å². The monoisotopic (exact) mass is 279 g/mol. The summed E-state index contributed by atoms with van der Waals surface area (Å²) in [5, 5.41) is 3.00. The molecule has 0 saturated heterocycles. The number of ketones is 2. The van der Waals surface area contributed by atoms with Crippen LogP contribution in [-0.4, -0.2) is 11.6 Å². The zero-order chi connectivity index (χ0) is 15.2. The van der Waals surface area contributed by atoms with Crippen molar-refractivity contribution in [3.63, 3.8) is 0 Å². The number of carbonyl (C=O) groups excluding carboxylic acids is 2. The van der Waals surface area contributed by atoms with E-state index in [2.05, 4.69) is 5.32 Å². The molecule has 2 aromatic rings. The molecule has 0 unspecified atom stereocenters. The van der Waals surface area contributed by atoms with Crippen LogP contribution in [0.1, 0.15) is 33.2 Å². The van der Waals surface area contributed by atoms with Crippen LogP contribution in [0.4, 0.5) is 5.69 Å². The molecule has 2 rings (SSSR count). The fourth-order valence-corrected chi connectivity index (χ4v) is 1.86. The number of hydrogen-bond acceptors (Lipinski definition) is 3. The molecule has 106 valence electrons. The molecule has 0 fully saturated rings. The van der Waals surface area contributed by atoms with Gasteiger partial charge in [-0.1, -0.05) is 42.0 Å². The van der Waals surface area contributed by atoms with Gasteiger partial charge in [0.1, 0.15) is 0 Å². The first-order valence-electron chi connectivity index (χ1n) is 6.71. The summed E-state index contributed by atoms with van der Waals surface area (Å²) in [4.78, 5) is 23.2. The van der Waals surface area contributed by atoms with E-state index in [4.69, 9.17) is 0 Å². The van der Waals surface area contributed by atoms with Gasteiger partial charge in [0.15, 0.2) is 11.6 Å². The van der Waals surface area contributed by atoms with Gasteiger partial charge in [-0.3, -0.25) is 9.59 Å². The summed E-state index contributed by atoms with van der Waals surface area (Å²) in [6.07, 6.45) is 3.06. The van der Waals surface area contributed by atoms with E-state index in [1.165, 1.54) is 13.0 Å². The van der Waals surface area contributed by atoms with Crippen molar-refractivity contribution >= 4 is 17.3 Å². The Morgan fingerprint density at radius 3 is 2.38 bits per heavy atom. The Bertz CT molecular complexity index is 685. The average Bonchev–Trinajstić information content (AvgIpc) is 2.48. The maximum Gasteiger partial charge on any atom is 0.187 e. The highest BCUT2D eigenvalue weighted by Gasteiger charge is 2.01. The molecule has 3 nitrogen and oxygen atoms in total. The normalized spacial score (nSPS) is 10.6. The number of Topliss-reactive ketones (excluding diaryl/α,β-unsaturated/α-hetero) is 1. The van der Waals surface area contributed by atoms with Gasteiger partial charge >= 0.3 is 0 Å². The minimum absolute atomic E-state index is 0.0124. The van der Waals surface area contributed by atoms with Gasteiger partial charge in [0.05, 0.1) is 0 Å². The van der Waals surface area contributed by atoms with Gasteiger partial charge in [0.25, 0.3) is 0 Å².